The molecule has 68 heavy (non-hydrogen) atoms. The van der Waals surface area contributed by atoms with E-state index in [1.54, 1.807) is 0 Å². The van der Waals surface area contributed by atoms with E-state index in [0.717, 1.165) is 51.4 Å². The number of carbonyl (C=O) groups excluding carboxylic acids is 2. The maximum Gasteiger partial charge on any atom is 0.306 e. The van der Waals surface area contributed by atoms with Crippen LogP contribution >= 0.6 is 0 Å². The summed E-state index contributed by atoms with van der Waals surface area (Å²) in [5.74, 6) is -0.987. The molecule has 2 saturated heterocycles. The molecule has 2 fully saturated rings. The fourth-order valence-corrected chi connectivity index (χ4v) is 8.21. The predicted molar refractivity (Wildman–Crippen MR) is 261 cm³/mol. The minimum Gasteiger partial charge on any atom is -0.462 e. The third-order valence-corrected chi connectivity index (χ3v) is 12.6. The molecule has 11 atom stereocenters. The highest BCUT2D eigenvalue weighted by Gasteiger charge is 2.47. The number of allylic oxidation sites excluding steroid dienone is 6. The van der Waals surface area contributed by atoms with Gasteiger partial charge in [0.1, 0.15) is 55.4 Å². The molecule has 0 aromatic carbocycles. The van der Waals surface area contributed by atoms with E-state index < -0.39 is 99.3 Å². The van der Waals surface area contributed by atoms with Gasteiger partial charge in [-0.15, -0.1) is 0 Å². The van der Waals surface area contributed by atoms with E-state index in [2.05, 4.69) is 44.2 Å². The molecule has 0 saturated carbocycles. The Kier molecular flexibility index (Phi) is 36.7. The topological polar surface area (TPSA) is 231 Å². The molecule has 0 amide bonds. The van der Waals surface area contributed by atoms with Crippen LogP contribution in [0.1, 0.15) is 194 Å². The van der Waals surface area contributed by atoms with Crippen LogP contribution in [-0.2, 0) is 38.0 Å². The van der Waals surface area contributed by atoms with E-state index in [0.29, 0.717) is 12.8 Å². The Bertz CT molecular complexity index is 1330. The quantitative estimate of drug-likeness (QED) is 0.0177. The van der Waals surface area contributed by atoms with Crippen molar-refractivity contribution in [3.8, 4) is 0 Å². The van der Waals surface area contributed by atoms with Crippen molar-refractivity contribution in [2.45, 2.75) is 261 Å². The number of hydrogen-bond acceptors (Lipinski definition) is 15. The van der Waals surface area contributed by atoms with Gasteiger partial charge in [0.25, 0.3) is 0 Å². The van der Waals surface area contributed by atoms with Crippen LogP contribution in [0.25, 0.3) is 0 Å². The summed E-state index contributed by atoms with van der Waals surface area (Å²) >= 11 is 0. The number of carbonyl (C=O) groups is 2. The third-order valence-electron chi connectivity index (χ3n) is 12.6. The number of unbranched alkanes of at least 4 members (excludes halogenated alkanes) is 21. The average Bonchev–Trinajstić information content (AvgIpc) is 3.33. The van der Waals surface area contributed by atoms with Crippen molar-refractivity contribution in [1.82, 2.24) is 0 Å². The molecular formula is C53H94O15. The number of ether oxygens (including phenoxy) is 6. The molecule has 15 nitrogen and oxygen atoms in total. The second-order valence-electron chi connectivity index (χ2n) is 18.7. The van der Waals surface area contributed by atoms with Crippen LogP contribution in [0.4, 0.5) is 0 Å². The highest BCUT2D eigenvalue weighted by Crippen LogP contribution is 2.26. The van der Waals surface area contributed by atoms with Crippen molar-refractivity contribution in [1.29, 1.82) is 0 Å². The molecule has 0 aromatic rings. The van der Waals surface area contributed by atoms with Crippen LogP contribution in [0.5, 0.6) is 0 Å². The summed E-state index contributed by atoms with van der Waals surface area (Å²) in [4.78, 5) is 25.8. The van der Waals surface area contributed by atoms with Gasteiger partial charge in [-0.3, -0.25) is 9.59 Å². The Morgan fingerprint density at radius 3 is 1.47 bits per heavy atom. The van der Waals surface area contributed by atoms with Crippen molar-refractivity contribution in [3.05, 3.63) is 36.5 Å². The minimum atomic E-state index is -1.77. The molecule has 2 rings (SSSR count). The maximum absolute atomic E-state index is 13.0. The van der Waals surface area contributed by atoms with E-state index in [4.69, 9.17) is 28.4 Å². The normalized spacial score (nSPS) is 26.0. The van der Waals surface area contributed by atoms with Crippen molar-refractivity contribution < 1.29 is 73.8 Å². The molecular weight excluding hydrogens is 877 g/mol. The number of esters is 2. The molecule has 7 N–H and O–H groups in total. The smallest absolute Gasteiger partial charge is 0.306 e. The molecule has 2 aliphatic heterocycles. The van der Waals surface area contributed by atoms with E-state index in [9.17, 15) is 45.3 Å². The Balaban J connectivity index is 1.81. The number of aliphatic hydroxyl groups is 7. The van der Waals surface area contributed by atoms with Gasteiger partial charge < -0.3 is 64.2 Å². The first-order valence-electron chi connectivity index (χ1n) is 26.6. The molecule has 2 heterocycles. The van der Waals surface area contributed by atoms with Crippen LogP contribution in [0.3, 0.4) is 0 Å². The van der Waals surface area contributed by atoms with Crippen molar-refractivity contribution in [3.63, 3.8) is 0 Å². The second kappa shape index (κ2) is 40.3. The average molecular weight is 971 g/mol. The molecule has 15 heteroatoms. The van der Waals surface area contributed by atoms with Crippen LogP contribution in [0.15, 0.2) is 36.5 Å². The van der Waals surface area contributed by atoms with Gasteiger partial charge in [0.2, 0.25) is 0 Å². The highest BCUT2D eigenvalue weighted by molar-refractivity contribution is 5.70. The Hall–Kier alpha value is -2.28. The number of aliphatic hydroxyl groups excluding tert-OH is 7. The Labute approximate surface area is 408 Å². The first-order valence-corrected chi connectivity index (χ1v) is 26.6. The summed E-state index contributed by atoms with van der Waals surface area (Å²) in [6.07, 6.45) is 26.1. The zero-order valence-electron chi connectivity index (χ0n) is 41.8. The van der Waals surface area contributed by atoms with Crippen LogP contribution in [0.2, 0.25) is 0 Å². The SMILES string of the molecule is CCCCC/C=C/C/C=C/CCCCCCCCCC(=O)OC[C@@H](CO[C@@H]1O[C@H](CO[C@@H]2O[C@H](CO)[C@H](O)C(O)C2O)[C@H](O)C(O)C1O)OC(=O)CC/C=C/CCCCCCCCCCCCC. The lowest BCUT2D eigenvalue weighted by Gasteiger charge is -2.42. The molecule has 0 bridgehead atoms. The predicted octanol–water partition coefficient (Wildman–Crippen LogP) is 7.71. The number of hydrogen-bond donors (Lipinski definition) is 7. The zero-order chi connectivity index (χ0) is 49.6. The molecule has 0 radical (unpaired) electrons. The van der Waals surface area contributed by atoms with Gasteiger partial charge in [0.15, 0.2) is 18.7 Å². The van der Waals surface area contributed by atoms with Gasteiger partial charge in [-0.2, -0.15) is 0 Å². The van der Waals surface area contributed by atoms with Crippen molar-refractivity contribution in [2.24, 2.45) is 0 Å². The third kappa shape index (κ3) is 27.9. The number of rotatable bonds is 41. The van der Waals surface area contributed by atoms with Crippen molar-refractivity contribution in [2.75, 3.05) is 26.4 Å². The first-order chi connectivity index (χ1) is 33.0. The lowest BCUT2D eigenvalue weighted by atomic mass is 9.98. The molecule has 2 aliphatic rings. The fourth-order valence-electron chi connectivity index (χ4n) is 8.21. The van der Waals surface area contributed by atoms with Gasteiger partial charge in [-0.05, 0) is 57.8 Å². The highest BCUT2D eigenvalue weighted by atomic mass is 16.7. The monoisotopic (exact) mass is 971 g/mol. The lowest BCUT2D eigenvalue weighted by molar-refractivity contribution is -0.332. The summed E-state index contributed by atoms with van der Waals surface area (Å²) in [6.45, 7) is 2.53. The summed E-state index contributed by atoms with van der Waals surface area (Å²) in [5.41, 5.74) is 0. The Morgan fingerprint density at radius 1 is 0.471 bits per heavy atom. The molecule has 4 unspecified atom stereocenters. The van der Waals surface area contributed by atoms with Gasteiger partial charge in [0, 0.05) is 12.8 Å². The van der Waals surface area contributed by atoms with E-state index in [-0.39, 0.29) is 19.4 Å². The lowest BCUT2D eigenvalue weighted by Crippen LogP contribution is -2.61. The summed E-state index contributed by atoms with van der Waals surface area (Å²) in [6, 6.07) is 0. The Morgan fingerprint density at radius 2 is 0.912 bits per heavy atom. The van der Waals surface area contributed by atoms with Crippen LogP contribution < -0.4 is 0 Å². The molecule has 0 aliphatic carbocycles. The summed E-state index contributed by atoms with van der Waals surface area (Å²) in [5, 5.41) is 72.1. The molecule has 0 aromatic heterocycles. The van der Waals surface area contributed by atoms with Crippen molar-refractivity contribution >= 4 is 11.9 Å². The van der Waals surface area contributed by atoms with E-state index >= 15 is 0 Å². The van der Waals surface area contributed by atoms with Gasteiger partial charge >= 0.3 is 11.9 Å². The zero-order valence-corrected chi connectivity index (χ0v) is 41.8. The second-order valence-corrected chi connectivity index (χ2v) is 18.7. The fraction of sp³-hybridized carbons (Fsp3) is 0.849. The standard InChI is InChI=1S/C53H94O15/c1-3-5-7-9-11-13-15-17-19-20-22-23-25-27-29-31-33-35-44(55)63-38-41(66-45(56)36-34-32-30-28-26-24-21-18-16-14-12-10-8-6-4-2)39-64-52-51(62)49(60)47(58)43(68-52)40-65-53-50(61)48(59)46(57)42(37-54)67-53/h11,13,17,19,30,32,41-43,46-54,57-62H,3-10,12,14-16,18,20-29,31,33-40H2,1-2H3/b13-11+,19-17+,32-30+/t41-,42+,43+,46-,47-,48?,49?,50?,51?,52+,53+/m0/s1. The van der Waals surface area contributed by atoms with Gasteiger partial charge in [0.05, 0.1) is 19.8 Å². The van der Waals surface area contributed by atoms with Gasteiger partial charge in [-0.1, -0.05) is 159 Å². The molecule has 0 spiro atoms. The minimum absolute atomic E-state index is 0.0809. The summed E-state index contributed by atoms with van der Waals surface area (Å²) in [7, 11) is 0. The largest absolute Gasteiger partial charge is 0.462 e. The van der Waals surface area contributed by atoms with Crippen LogP contribution in [-0.4, -0.2) is 142 Å². The first kappa shape index (κ1) is 61.8. The van der Waals surface area contributed by atoms with E-state index in [1.165, 1.54) is 103 Å². The van der Waals surface area contributed by atoms with Gasteiger partial charge in [-0.25, -0.2) is 0 Å². The van der Waals surface area contributed by atoms with Crippen LogP contribution in [0, 0.1) is 0 Å². The molecule has 396 valence electrons. The summed E-state index contributed by atoms with van der Waals surface area (Å²) < 4.78 is 33.5. The van der Waals surface area contributed by atoms with E-state index in [1.807, 2.05) is 6.08 Å². The maximum atomic E-state index is 13.0.